The van der Waals surface area contributed by atoms with Crippen molar-refractivity contribution in [2.45, 2.75) is 56.8 Å². The number of aliphatic hydroxyl groups is 1. The van der Waals surface area contributed by atoms with Gasteiger partial charge >= 0.3 is 0 Å². The maximum Gasteiger partial charge on any atom is 0.228 e. The summed E-state index contributed by atoms with van der Waals surface area (Å²) >= 11 is 0. The Kier molecular flexibility index (Phi) is 5.14. The Morgan fingerprint density at radius 2 is 2.28 bits per heavy atom. The monoisotopic (exact) mass is 274 g/mol. The molecule has 3 atom stereocenters. The Bertz CT molecular complexity index is 416. The van der Waals surface area contributed by atoms with E-state index in [9.17, 15) is 13.5 Å². The highest BCUT2D eigenvalue weighted by Gasteiger charge is 2.34. The quantitative estimate of drug-likeness (QED) is 0.787. The summed E-state index contributed by atoms with van der Waals surface area (Å²) in [6, 6.07) is 1.77. The fourth-order valence-corrected chi connectivity index (χ4v) is 3.76. The molecule has 0 radical (unpaired) electrons. The highest BCUT2D eigenvalue weighted by atomic mass is 32.2. The molecule has 1 fully saturated rings. The van der Waals surface area contributed by atoms with Crippen LogP contribution in [0.2, 0.25) is 0 Å². The molecule has 104 valence electrons. The van der Waals surface area contributed by atoms with E-state index in [1.807, 2.05) is 0 Å². The van der Waals surface area contributed by atoms with Crippen LogP contribution in [-0.2, 0) is 10.0 Å². The van der Waals surface area contributed by atoms with E-state index in [0.29, 0.717) is 18.8 Å². The first kappa shape index (κ1) is 15.4. The maximum absolute atomic E-state index is 11.8. The highest BCUT2D eigenvalue weighted by molar-refractivity contribution is 7.90. The van der Waals surface area contributed by atoms with Gasteiger partial charge in [-0.05, 0) is 25.2 Å². The van der Waals surface area contributed by atoms with Crippen molar-refractivity contribution in [1.29, 1.82) is 5.26 Å². The van der Waals surface area contributed by atoms with Crippen LogP contribution in [0.15, 0.2) is 0 Å². The number of nitrogens with one attached hydrogen (secondary N) is 1. The highest BCUT2D eigenvalue weighted by Crippen LogP contribution is 2.31. The molecule has 0 aliphatic heterocycles. The van der Waals surface area contributed by atoms with Gasteiger partial charge in [-0.25, -0.2) is 13.1 Å². The third-order valence-electron chi connectivity index (χ3n) is 3.56. The second kappa shape index (κ2) is 6.00. The molecule has 1 aliphatic rings. The number of nitriles is 1. The van der Waals surface area contributed by atoms with Crippen molar-refractivity contribution in [2.24, 2.45) is 5.92 Å². The summed E-state index contributed by atoms with van der Waals surface area (Å²) in [4.78, 5) is 0. The molecule has 1 saturated carbocycles. The van der Waals surface area contributed by atoms with E-state index < -0.39 is 20.9 Å². The van der Waals surface area contributed by atoms with Crippen LogP contribution in [0.3, 0.4) is 0 Å². The predicted octanol–water partition coefficient (Wildman–Crippen LogP) is 1.15. The second-order valence-corrected chi connectivity index (χ2v) is 7.27. The summed E-state index contributed by atoms with van der Waals surface area (Å²) in [5, 5.41) is 18.1. The molecule has 1 aliphatic carbocycles. The van der Waals surface area contributed by atoms with E-state index in [-0.39, 0.29) is 13.0 Å². The third kappa shape index (κ3) is 3.94. The van der Waals surface area contributed by atoms with Gasteiger partial charge in [-0.1, -0.05) is 26.7 Å². The average Bonchev–Trinajstić information content (AvgIpc) is 2.28. The number of nitrogens with zero attached hydrogens (tertiary/aromatic N) is 1. The van der Waals surface area contributed by atoms with Crippen LogP contribution < -0.4 is 4.72 Å². The second-order valence-electron chi connectivity index (χ2n) is 5.32. The van der Waals surface area contributed by atoms with Gasteiger partial charge in [0, 0.05) is 6.54 Å². The minimum Gasteiger partial charge on any atom is -0.389 e. The molecule has 0 aromatic heterocycles. The molecule has 0 bridgehead atoms. The Hall–Kier alpha value is -0.640. The van der Waals surface area contributed by atoms with E-state index in [0.717, 1.165) is 12.8 Å². The lowest BCUT2D eigenvalue weighted by Gasteiger charge is -2.35. The Morgan fingerprint density at radius 1 is 1.61 bits per heavy atom. The summed E-state index contributed by atoms with van der Waals surface area (Å²) < 4.78 is 26.0. The van der Waals surface area contributed by atoms with Crippen LogP contribution in [0.1, 0.15) is 46.0 Å². The van der Waals surface area contributed by atoms with Gasteiger partial charge in [0.1, 0.15) is 0 Å². The molecule has 0 amide bonds. The van der Waals surface area contributed by atoms with Gasteiger partial charge < -0.3 is 5.11 Å². The number of hydrogen-bond donors (Lipinski definition) is 2. The summed E-state index contributed by atoms with van der Waals surface area (Å²) in [7, 11) is -3.65. The van der Waals surface area contributed by atoms with Gasteiger partial charge in [-0.2, -0.15) is 5.26 Å². The molecule has 2 N–H and O–H groups in total. The van der Waals surface area contributed by atoms with Gasteiger partial charge in [0.15, 0.2) is 5.25 Å². The van der Waals surface area contributed by atoms with E-state index in [4.69, 9.17) is 5.26 Å². The van der Waals surface area contributed by atoms with E-state index >= 15 is 0 Å². The summed E-state index contributed by atoms with van der Waals surface area (Å²) in [6.45, 7) is 3.73. The molecule has 0 aromatic rings. The fourth-order valence-electron chi connectivity index (χ4n) is 2.51. The number of sulfonamides is 1. The van der Waals surface area contributed by atoms with Crippen LogP contribution in [0, 0.1) is 17.2 Å². The average molecular weight is 274 g/mol. The first-order valence-corrected chi connectivity index (χ1v) is 7.98. The first-order chi connectivity index (χ1) is 8.33. The number of hydrogen-bond acceptors (Lipinski definition) is 4. The largest absolute Gasteiger partial charge is 0.389 e. The zero-order valence-corrected chi connectivity index (χ0v) is 11.8. The molecule has 0 aromatic carbocycles. The van der Waals surface area contributed by atoms with Crippen molar-refractivity contribution >= 4 is 10.0 Å². The molecular formula is C12H22N2O3S. The standard InChI is InChI=1S/C12H22N2O3S/c1-3-11(8-13)18(16,17)14-9-12(15)6-4-5-10(2)7-12/h10-11,14-15H,3-7,9H2,1-2H3. The first-order valence-electron chi connectivity index (χ1n) is 6.43. The molecule has 18 heavy (non-hydrogen) atoms. The lowest BCUT2D eigenvalue weighted by molar-refractivity contribution is -0.00754. The summed E-state index contributed by atoms with van der Waals surface area (Å²) in [6.07, 6.45) is 3.46. The van der Waals surface area contributed by atoms with E-state index in [2.05, 4.69) is 11.6 Å². The lowest BCUT2D eigenvalue weighted by Crippen LogP contribution is -2.47. The molecule has 0 saturated heterocycles. The summed E-state index contributed by atoms with van der Waals surface area (Å²) in [5.74, 6) is 0.409. The normalized spacial score (nSPS) is 30.7. The van der Waals surface area contributed by atoms with Crippen molar-refractivity contribution in [2.75, 3.05) is 6.54 Å². The lowest BCUT2D eigenvalue weighted by atomic mass is 9.79. The van der Waals surface area contributed by atoms with Crippen LogP contribution in [0.5, 0.6) is 0 Å². The van der Waals surface area contributed by atoms with E-state index in [1.54, 1.807) is 13.0 Å². The van der Waals surface area contributed by atoms with Crippen molar-refractivity contribution in [3.05, 3.63) is 0 Å². The Morgan fingerprint density at radius 3 is 2.78 bits per heavy atom. The van der Waals surface area contributed by atoms with Gasteiger partial charge in [-0.3, -0.25) is 0 Å². The number of rotatable bonds is 5. The van der Waals surface area contributed by atoms with Crippen molar-refractivity contribution in [3.63, 3.8) is 0 Å². The van der Waals surface area contributed by atoms with Crippen LogP contribution >= 0.6 is 0 Å². The van der Waals surface area contributed by atoms with Gasteiger partial charge in [0.05, 0.1) is 11.7 Å². The van der Waals surface area contributed by atoms with E-state index in [1.165, 1.54) is 0 Å². The van der Waals surface area contributed by atoms with Crippen molar-refractivity contribution in [3.8, 4) is 6.07 Å². The van der Waals surface area contributed by atoms with Gasteiger partial charge in [0.25, 0.3) is 0 Å². The SMILES string of the molecule is CCC(C#N)S(=O)(=O)NCC1(O)CCCC(C)C1. The molecule has 1 rings (SSSR count). The molecular weight excluding hydrogens is 252 g/mol. The molecule has 0 heterocycles. The Labute approximate surface area is 109 Å². The Balaban J connectivity index is 2.62. The fraction of sp³-hybridized carbons (Fsp3) is 0.917. The maximum atomic E-state index is 11.8. The smallest absolute Gasteiger partial charge is 0.228 e. The third-order valence-corrected chi connectivity index (χ3v) is 5.29. The molecule has 3 unspecified atom stereocenters. The van der Waals surface area contributed by atoms with Crippen LogP contribution in [0.4, 0.5) is 0 Å². The van der Waals surface area contributed by atoms with Crippen LogP contribution in [-0.4, -0.2) is 30.9 Å². The minimum absolute atomic E-state index is 0.0118. The zero-order chi connectivity index (χ0) is 13.8. The minimum atomic E-state index is -3.65. The van der Waals surface area contributed by atoms with Gasteiger partial charge in [0.2, 0.25) is 10.0 Å². The van der Waals surface area contributed by atoms with Gasteiger partial charge in [-0.15, -0.1) is 0 Å². The molecule has 6 heteroatoms. The van der Waals surface area contributed by atoms with Crippen molar-refractivity contribution in [1.82, 2.24) is 4.72 Å². The van der Waals surface area contributed by atoms with Crippen molar-refractivity contribution < 1.29 is 13.5 Å². The summed E-state index contributed by atoms with van der Waals surface area (Å²) in [5.41, 5.74) is -0.960. The van der Waals surface area contributed by atoms with Crippen LogP contribution in [0.25, 0.3) is 0 Å². The molecule has 0 spiro atoms. The molecule has 5 nitrogen and oxygen atoms in total. The topological polar surface area (TPSA) is 90.2 Å². The zero-order valence-electron chi connectivity index (χ0n) is 11.0. The predicted molar refractivity (Wildman–Crippen MR) is 69.2 cm³/mol.